The molecule has 0 radical (unpaired) electrons. The van der Waals surface area contributed by atoms with Crippen LogP contribution in [0.4, 0.5) is 0 Å². The van der Waals surface area contributed by atoms with Gasteiger partial charge in [0.15, 0.2) is 5.79 Å². The van der Waals surface area contributed by atoms with Gasteiger partial charge in [0.1, 0.15) is 0 Å². The zero-order valence-electron chi connectivity index (χ0n) is 29.3. The normalized spacial score (nSPS) is 51.8. The van der Waals surface area contributed by atoms with Crippen molar-refractivity contribution in [1.82, 2.24) is 0 Å². The van der Waals surface area contributed by atoms with Crippen LogP contribution < -0.4 is 0 Å². The van der Waals surface area contributed by atoms with Crippen LogP contribution in [0, 0.1) is 50.7 Å². The van der Waals surface area contributed by atoms with E-state index in [1.54, 1.807) is 14.0 Å². The summed E-state index contributed by atoms with van der Waals surface area (Å²) in [6.45, 7) is 10.0. The molecule has 1 aromatic rings. The molecule has 2 saturated heterocycles. The summed E-state index contributed by atoms with van der Waals surface area (Å²) in [6.07, 6.45) is 11.0. The van der Waals surface area contributed by atoms with Crippen LogP contribution in [0.2, 0.25) is 0 Å². The van der Waals surface area contributed by atoms with Gasteiger partial charge in [-0.1, -0.05) is 62.8 Å². The summed E-state index contributed by atoms with van der Waals surface area (Å²) < 4.78 is 24.2. The van der Waals surface area contributed by atoms with Gasteiger partial charge in [0.25, 0.3) is 0 Å². The number of esters is 1. The number of benzene rings is 1. The second-order valence-electron chi connectivity index (χ2n) is 17.9. The lowest BCUT2D eigenvalue weighted by Crippen LogP contribution is -2.65. The van der Waals surface area contributed by atoms with Crippen LogP contribution in [-0.4, -0.2) is 61.1 Å². The van der Waals surface area contributed by atoms with Crippen molar-refractivity contribution in [3.63, 3.8) is 0 Å². The Kier molecular flexibility index (Phi) is 7.16. The maximum atomic E-state index is 13.6. The highest BCUT2D eigenvalue weighted by Gasteiger charge is 2.86. The number of rotatable bonds is 6. The van der Waals surface area contributed by atoms with Crippen LogP contribution in [0.25, 0.3) is 0 Å². The molecule has 0 bridgehead atoms. The van der Waals surface area contributed by atoms with Gasteiger partial charge in [0, 0.05) is 30.8 Å². The minimum absolute atomic E-state index is 0.00770. The number of aliphatic hydroxyl groups excluding tert-OH is 1. The second-order valence-corrected chi connectivity index (χ2v) is 17.9. The zero-order chi connectivity index (χ0) is 33.3. The van der Waals surface area contributed by atoms with Crippen LogP contribution in [-0.2, 0) is 23.7 Å². The molecule has 0 unspecified atom stereocenters. The number of fused-ring (bicyclic) bond motifs is 5. The van der Waals surface area contributed by atoms with Crippen molar-refractivity contribution < 1.29 is 34.0 Å². The molecule has 6 fully saturated rings. The Balaban J connectivity index is 1.09. The molecular formula is C40H56O7. The van der Waals surface area contributed by atoms with Crippen molar-refractivity contribution in [2.75, 3.05) is 27.4 Å². The third kappa shape index (κ3) is 4.19. The fourth-order valence-electron chi connectivity index (χ4n) is 13.9. The molecule has 13 atom stereocenters. The number of ether oxygens (including phenoxy) is 4. The molecule has 4 saturated carbocycles. The van der Waals surface area contributed by atoms with E-state index >= 15 is 0 Å². The van der Waals surface area contributed by atoms with E-state index in [0.717, 1.165) is 51.4 Å². The lowest BCUT2D eigenvalue weighted by molar-refractivity contribution is -0.227. The number of carbonyl (C=O) groups is 1. The fourth-order valence-corrected chi connectivity index (χ4v) is 13.9. The molecule has 0 aromatic heterocycles. The Morgan fingerprint density at radius 2 is 1.79 bits per heavy atom. The summed E-state index contributed by atoms with van der Waals surface area (Å²) in [5.41, 5.74) is 1.57. The molecule has 258 valence electrons. The van der Waals surface area contributed by atoms with Gasteiger partial charge in [-0.25, -0.2) is 0 Å². The molecule has 2 aliphatic heterocycles. The largest absolute Gasteiger partial charge is 0.469 e. The molecule has 2 heterocycles. The summed E-state index contributed by atoms with van der Waals surface area (Å²) in [4.78, 5) is 13.6. The van der Waals surface area contributed by atoms with E-state index in [0.29, 0.717) is 31.3 Å². The maximum Gasteiger partial charge on any atom is 0.309 e. The van der Waals surface area contributed by atoms with Crippen LogP contribution in [0.15, 0.2) is 42.0 Å². The minimum atomic E-state index is -1.01. The standard InChI is InChI=1S/C40H56O7/c1-34(43)21-40(45-6,47-23-34)20-27(33(42)44-5)28-13-17-39-22-38(28,39)16-14-30-35(2)15-12-26-18-29(25-10-8-7-9-11-25)46-24-36(26,3)31(35)19-32(41)37(30,39)4/h7-12,27-32,41,43H,13-24H2,1-6H3/t27-,28+,29+,30-,31-,32-,34+,35-,36+,37+,38-,39-,40-/m1/s1. The van der Waals surface area contributed by atoms with Gasteiger partial charge in [-0.15, -0.1) is 0 Å². The Hall–Kier alpha value is -1.77. The molecule has 0 spiro atoms. The Bertz CT molecular complexity index is 1460. The number of allylic oxidation sites excluding steroid dienone is 1. The smallest absolute Gasteiger partial charge is 0.309 e. The first-order valence-electron chi connectivity index (χ1n) is 18.3. The molecule has 47 heavy (non-hydrogen) atoms. The van der Waals surface area contributed by atoms with Crippen LogP contribution in [0.5, 0.6) is 0 Å². The molecular weight excluding hydrogens is 592 g/mol. The molecule has 2 N–H and O–H groups in total. The van der Waals surface area contributed by atoms with Crippen LogP contribution in [0.3, 0.4) is 0 Å². The third-order valence-electron chi connectivity index (χ3n) is 16.1. The SMILES string of the molecule is COC(=O)[C@H](C[C@]1(OC)C[C@](C)(O)CO1)[C@@H]1CC[C@]23C[C@]12CC[C@@H]1[C@@]2(C)CC=C4C[C@@H](c5ccccc5)OC[C@]4(C)[C@@H]2C[C@@H](O)[C@]13C. The monoisotopic (exact) mass is 648 g/mol. The van der Waals surface area contributed by atoms with E-state index in [2.05, 4.69) is 57.2 Å². The average molecular weight is 649 g/mol. The van der Waals surface area contributed by atoms with Crippen molar-refractivity contribution in [2.24, 2.45) is 50.7 Å². The summed E-state index contributed by atoms with van der Waals surface area (Å²) in [5.74, 6) is -0.687. The van der Waals surface area contributed by atoms with Crippen molar-refractivity contribution in [3.05, 3.63) is 47.5 Å². The Labute approximate surface area is 280 Å². The van der Waals surface area contributed by atoms with E-state index in [1.165, 1.54) is 18.2 Å². The molecule has 1 aromatic carbocycles. The summed E-state index contributed by atoms with van der Waals surface area (Å²) in [7, 11) is 3.11. The molecule has 5 aliphatic carbocycles. The summed E-state index contributed by atoms with van der Waals surface area (Å²) in [5, 5.41) is 23.3. The highest BCUT2D eigenvalue weighted by Crippen LogP contribution is 2.91. The van der Waals surface area contributed by atoms with Gasteiger partial charge in [0.05, 0.1) is 44.1 Å². The number of hydrogen-bond donors (Lipinski definition) is 2. The predicted octanol–water partition coefficient (Wildman–Crippen LogP) is 6.77. The number of hydrogen-bond acceptors (Lipinski definition) is 7. The first-order chi connectivity index (χ1) is 22.2. The quantitative estimate of drug-likeness (QED) is 0.260. The van der Waals surface area contributed by atoms with Gasteiger partial charge in [-0.3, -0.25) is 4.79 Å². The Morgan fingerprint density at radius 3 is 2.47 bits per heavy atom. The van der Waals surface area contributed by atoms with Gasteiger partial charge < -0.3 is 29.2 Å². The lowest BCUT2D eigenvalue weighted by atomic mass is 9.37. The maximum absolute atomic E-state index is 13.6. The molecule has 7 aliphatic rings. The van der Waals surface area contributed by atoms with Gasteiger partial charge in [0.2, 0.25) is 0 Å². The predicted molar refractivity (Wildman–Crippen MR) is 177 cm³/mol. The van der Waals surface area contributed by atoms with E-state index in [1.807, 2.05) is 0 Å². The number of methoxy groups -OCH3 is 2. The average Bonchev–Trinajstić information content (AvgIpc) is 3.49. The van der Waals surface area contributed by atoms with Gasteiger partial charge in [-0.05, 0) is 97.9 Å². The van der Waals surface area contributed by atoms with E-state index in [9.17, 15) is 15.0 Å². The van der Waals surface area contributed by atoms with Crippen molar-refractivity contribution in [2.45, 2.75) is 115 Å². The fraction of sp³-hybridized carbons (Fsp3) is 0.775. The topological polar surface area (TPSA) is 94.5 Å². The van der Waals surface area contributed by atoms with Crippen molar-refractivity contribution in [1.29, 1.82) is 0 Å². The van der Waals surface area contributed by atoms with E-state index in [4.69, 9.17) is 18.9 Å². The lowest BCUT2D eigenvalue weighted by Gasteiger charge is -2.68. The van der Waals surface area contributed by atoms with E-state index < -0.39 is 17.5 Å². The first-order valence-corrected chi connectivity index (χ1v) is 18.3. The highest BCUT2D eigenvalue weighted by molar-refractivity contribution is 5.73. The third-order valence-corrected chi connectivity index (χ3v) is 16.1. The second kappa shape index (κ2) is 10.4. The number of carbonyl (C=O) groups excluding carboxylic acids is 1. The summed E-state index contributed by atoms with van der Waals surface area (Å²) >= 11 is 0. The van der Waals surface area contributed by atoms with Crippen molar-refractivity contribution in [3.8, 4) is 0 Å². The van der Waals surface area contributed by atoms with Crippen molar-refractivity contribution >= 4 is 5.97 Å². The number of aliphatic hydroxyl groups is 2. The zero-order valence-corrected chi connectivity index (χ0v) is 29.3. The minimum Gasteiger partial charge on any atom is -0.469 e. The van der Waals surface area contributed by atoms with E-state index in [-0.39, 0.29) is 57.6 Å². The summed E-state index contributed by atoms with van der Waals surface area (Å²) in [6, 6.07) is 10.6. The molecule has 7 heteroatoms. The van der Waals surface area contributed by atoms with Crippen LogP contribution in [0.1, 0.15) is 104 Å². The highest BCUT2D eigenvalue weighted by atomic mass is 16.7. The molecule has 8 rings (SSSR count). The van der Waals surface area contributed by atoms with Gasteiger partial charge >= 0.3 is 5.97 Å². The van der Waals surface area contributed by atoms with Gasteiger partial charge in [-0.2, -0.15) is 0 Å². The molecule has 0 amide bonds. The first kappa shape index (κ1) is 32.4. The molecule has 7 nitrogen and oxygen atoms in total. The Morgan fingerprint density at radius 1 is 1.02 bits per heavy atom. The van der Waals surface area contributed by atoms with Crippen LogP contribution >= 0.6 is 0 Å².